The predicted molar refractivity (Wildman–Crippen MR) is 127 cm³/mol. The van der Waals surface area contributed by atoms with E-state index in [2.05, 4.69) is 45.1 Å². The standard InChI is InChI=1S/C21H33N5O.HI/c1-5-22-21(24-11-6-7-13-26-14-12-23-19(26)4)25-16-18(3)27-20-10-8-9-17(2)15-20;/h8-10,12,14-15,18H,5-7,11,13,16H2,1-4H3,(H2,22,24,25);1H. The van der Waals surface area contributed by atoms with E-state index in [9.17, 15) is 0 Å². The number of hydrogen-bond donors (Lipinski definition) is 2. The van der Waals surface area contributed by atoms with Crippen molar-refractivity contribution in [3.8, 4) is 5.75 Å². The Morgan fingerprint density at radius 3 is 2.75 bits per heavy atom. The second-order valence-corrected chi connectivity index (χ2v) is 6.77. The van der Waals surface area contributed by atoms with Gasteiger partial charge in [0.2, 0.25) is 0 Å². The summed E-state index contributed by atoms with van der Waals surface area (Å²) in [6.45, 7) is 11.6. The molecule has 1 atom stereocenters. The summed E-state index contributed by atoms with van der Waals surface area (Å²) >= 11 is 0. The monoisotopic (exact) mass is 499 g/mol. The molecule has 28 heavy (non-hydrogen) atoms. The molecule has 0 radical (unpaired) electrons. The summed E-state index contributed by atoms with van der Waals surface area (Å²) in [5, 5.41) is 6.69. The molecule has 2 aromatic rings. The molecule has 0 aliphatic carbocycles. The van der Waals surface area contributed by atoms with Crippen molar-refractivity contribution in [2.75, 3.05) is 19.6 Å². The molecule has 0 spiro atoms. The molecule has 0 amide bonds. The molecule has 1 heterocycles. The molecule has 156 valence electrons. The summed E-state index contributed by atoms with van der Waals surface area (Å²) in [7, 11) is 0. The maximum Gasteiger partial charge on any atom is 0.191 e. The number of ether oxygens (including phenoxy) is 1. The smallest absolute Gasteiger partial charge is 0.191 e. The highest BCUT2D eigenvalue weighted by molar-refractivity contribution is 14.0. The molecule has 1 aromatic heterocycles. The Balaban J connectivity index is 0.00000392. The summed E-state index contributed by atoms with van der Waals surface area (Å²) in [6.07, 6.45) is 6.09. The molecule has 1 aromatic carbocycles. The van der Waals surface area contributed by atoms with Crippen LogP contribution in [0.15, 0.2) is 41.7 Å². The first kappa shape index (κ1) is 24.3. The summed E-state index contributed by atoms with van der Waals surface area (Å²) in [5.41, 5.74) is 1.20. The van der Waals surface area contributed by atoms with Gasteiger partial charge in [0, 0.05) is 32.0 Å². The zero-order valence-electron chi connectivity index (χ0n) is 17.4. The molecular formula is C21H34IN5O. The maximum absolute atomic E-state index is 5.95. The molecule has 2 N–H and O–H groups in total. The molecule has 6 nitrogen and oxygen atoms in total. The zero-order valence-corrected chi connectivity index (χ0v) is 19.8. The first-order valence-electron chi connectivity index (χ1n) is 9.81. The van der Waals surface area contributed by atoms with E-state index in [0.717, 1.165) is 50.0 Å². The van der Waals surface area contributed by atoms with E-state index in [1.54, 1.807) is 0 Å². The molecular weight excluding hydrogens is 465 g/mol. The third-order valence-corrected chi connectivity index (χ3v) is 4.22. The maximum atomic E-state index is 5.95. The van der Waals surface area contributed by atoms with Crippen LogP contribution in [-0.2, 0) is 6.54 Å². The SMILES string of the molecule is CCNC(=NCC(C)Oc1cccc(C)c1)NCCCCn1ccnc1C.I. The number of nitrogens with zero attached hydrogens (tertiary/aromatic N) is 3. The van der Waals surface area contributed by atoms with E-state index >= 15 is 0 Å². The summed E-state index contributed by atoms with van der Waals surface area (Å²) in [6, 6.07) is 8.11. The largest absolute Gasteiger partial charge is 0.489 e. The molecule has 1 unspecified atom stereocenters. The third-order valence-electron chi connectivity index (χ3n) is 4.22. The van der Waals surface area contributed by atoms with Gasteiger partial charge in [0.1, 0.15) is 17.7 Å². The Morgan fingerprint density at radius 2 is 2.07 bits per heavy atom. The molecule has 0 saturated heterocycles. The van der Waals surface area contributed by atoms with Crippen LogP contribution in [0.1, 0.15) is 38.1 Å². The second-order valence-electron chi connectivity index (χ2n) is 6.77. The number of guanidine groups is 1. The van der Waals surface area contributed by atoms with Gasteiger partial charge in [-0.1, -0.05) is 12.1 Å². The van der Waals surface area contributed by atoms with E-state index in [0.29, 0.717) is 6.54 Å². The van der Waals surface area contributed by atoms with Crippen LogP contribution < -0.4 is 15.4 Å². The molecule has 0 aliphatic rings. The van der Waals surface area contributed by atoms with Gasteiger partial charge in [0.25, 0.3) is 0 Å². The van der Waals surface area contributed by atoms with Crippen LogP contribution in [0.4, 0.5) is 0 Å². The number of nitrogens with one attached hydrogen (secondary N) is 2. The minimum Gasteiger partial charge on any atom is -0.489 e. The van der Waals surface area contributed by atoms with E-state index in [4.69, 9.17) is 4.74 Å². The quantitative estimate of drug-likeness (QED) is 0.225. The van der Waals surface area contributed by atoms with Crippen molar-refractivity contribution in [2.24, 2.45) is 4.99 Å². The Hall–Kier alpha value is -1.77. The van der Waals surface area contributed by atoms with Gasteiger partial charge in [-0.25, -0.2) is 9.98 Å². The van der Waals surface area contributed by atoms with Crippen LogP contribution in [0.2, 0.25) is 0 Å². The number of imidazole rings is 1. The summed E-state index contributed by atoms with van der Waals surface area (Å²) in [5.74, 6) is 2.81. The number of rotatable bonds is 10. The van der Waals surface area contributed by atoms with E-state index in [-0.39, 0.29) is 30.1 Å². The highest BCUT2D eigenvalue weighted by atomic mass is 127. The molecule has 7 heteroatoms. The molecule has 0 fully saturated rings. The lowest BCUT2D eigenvalue weighted by Crippen LogP contribution is -2.38. The number of aromatic nitrogens is 2. The van der Waals surface area contributed by atoms with Crippen LogP contribution in [-0.4, -0.2) is 41.2 Å². The van der Waals surface area contributed by atoms with Crippen LogP contribution in [0, 0.1) is 13.8 Å². The normalized spacial score (nSPS) is 12.2. The average molecular weight is 499 g/mol. The second kappa shape index (κ2) is 13.4. The summed E-state index contributed by atoms with van der Waals surface area (Å²) < 4.78 is 8.13. The lowest BCUT2D eigenvalue weighted by Gasteiger charge is -2.15. The minimum absolute atomic E-state index is 0. The van der Waals surface area contributed by atoms with Crippen molar-refractivity contribution in [3.63, 3.8) is 0 Å². The van der Waals surface area contributed by atoms with Crippen molar-refractivity contribution in [1.82, 2.24) is 20.2 Å². The van der Waals surface area contributed by atoms with Crippen molar-refractivity contribution < 1.29 is 4.74 Å². The number of aliphatic imine (C=N–C) groups is 1. The van der Waals surface area contributed by atoms with Gasteiger partial charge in [-0.3, -0.25) is 0 Å². The zero-order chi connectivity index (χ0) is 19.5. The van der Waals surface area contributed by atoms with Crippen LogP contribution in [0.3, 0.4) is 0 Å². The van der Waals surface area contributed by atoms with Crippen molar-refractivity contribution in [1.29, 1.82) is 0 Å². The number of benzene rings is 1. The Kier molecular flexibility index (Phi) is 11.6. The first-order valence-corrected chi connectivity index (χ1v) is 9.81. The predicted octanol–water partition coefficient (Wildman–Crippen LogP) is 3.92. The van der Waals surface area contributed by atoms with Crippen LogP contribution >= 0.6 is 24.0 Å². The minimum atomic E-state index is 0. The Morgan fingerprint density at radius 1 is 1.25 bits per heavy atom. The topological polar surface area (TPSA) is 63.5 Å². The number of hydrogen-bond acceptors (Lipinski definition) is 3. The fourth-order valence-corrected chi connectivity index (χ4v) is 2.77. The van der Waals surface area contributed by atoms with Gasteiger partial charge in [0.15, 0.2) is 5.96 Å². The van der Waals surface area contributed by atoms with Gasteiger partial charge in [-0.2, -0.15) is 0 Å². The first-order chi connectivity index (χ1) is 13.1. The lowest BCUT2D eigenvalue weighted by atomic mass is 10.2. The molecule has 0 bridgehead atoms. The molecule has 2 rings (SSSR count). The fourth-order valence-electron chi connectivity index (χ4n) is 2.77. The van der Waals surface area contributed by atoms with E-state index in [1.165, 1.54) is 5.56 Å². The highest BCUT2D eigenvalue weighted by Crippen LogP contribution is 2.14. The van der Waals surface area contributed by atoms with Crippen molar-refractivity contribution in [2.45, 2.75) is 53.2 Å². The number of halogens is 1. The Labute approximate surface area is 186 Å². The molecule has 0 aliphatic heterocycles. The van der Waals surface area contributed by atoms with Crippen molar-refractivity contribution >= 4 is 29.9 Å². The number of unbranched alkanes of at least 4 members (excludes halogenated alkanes) is 1. The highest BCUT2D eigenvalue weighted by Gasteiger charge is 2.05. The van der Waals surface area contributed by atoms with Gasteiger partial charge in [-0.15, -0.1) is 24.0 Å². The Bertz CT molecular complexity index is 716. The van der Waals surface area contributed by atoms with Crippen LogP contribution in [0.25, 0.3) is 0 Å². The van der Waals surface area contributed by atoms with Gasteiger partial charge >= 0.3 is 0 Å². The average Bonchev–Trinajstić information content (AvgIpc) is 3.04. The van der Waals surface area contributed by atoms with Gasteiger partial charge < -0.3 is 19.9 Å². The van der Waals surface area contributed by atoms with Crippen LogP contribution in [0.5, 0.6) is 5.75 Å². The fraction of sp³-hybridized carbons (Fsp3) is 0.524. The van der Waals surface area contributed by atoms with Gasteiger partial charge in [0.05, 0.1) is 6.54 Å². The number of aryl methyl sites for hydroxylation is 3. The van der Waals surface area contributed by atoms with Crippen molar-refractivity contribution in [3.05, 3.63) is 48.0 Å². The third kappa shape index (κ3) is 8.95. The summed E-state index contributed by atoms with van der Waals surface area (Å²) in [4.78, 5) is 8.90. The molecule has 0 saturated carbocycles. The van der Waals surface area contributed by atoms with Gasteiger partial charge in [-0.05, 0) is 58.2 Å². The van der Waals surface area contributed by atoms with E-state index in [1.807, 2.05) is 44.4 Å². The lowest BCUT2D eigenvalue weighted by molar-refractivity contribution is 0.230. The van der Waals surface area contributed by atoms with E-state index < -0.39 is 0 Å².